The van der Waals surface area contributed by atoms with Gasteiger partial charge < -0.3 is 10.6 Å². The van der Waals surface area contributed by atoms with Gasteiger partial charge in [-0.3, -0.25) is 4.79 Å². The molecule has 0 aliphatic rings. The Bertz CT molecular complexity index is 972. The normalized spacial score (nSPS) is 10.5. The minimum Gasteiger partial charge on any atom is -0.340 e. The third-order valence-electron chi connectivity index (χ3n) is 3.91. The first-order valence-electron chi connectivity index (χ1n) is 8.18. The van der Waals surface area contributed by atoms with E-state index in [0.29, 0.717) is 22.4 Å². The number of carbonyl (C=O) groups is 1. The van der Waals surface area contributed by atoms with Crippen LogP contribution in [0.25, 0.3) is 0 Å². The second kappa shape index (κ2) is 7.54. The van der Waals surface area contributed by atoms with Crippen LogP contribution in [0.3, 0.4) is 0 Å². The number of nitrogens with zero attached hydrogens (tertiary/aromatic N) is 2. The van der Waals surface area contributed by atoms with Crippen molar-refractivity contribution in [2.75, 3.05) is 10.6 Å². The van der Waals surface area contributed by atoms with Crippen molar-refractivity contribution in [1.29, 1.82) is 0 Å². The summed E-state index contributed by atoms with van der Waals surface area (Å²) in [6.07, 6.45) is 0. The van der Waals surface area contributed by atoms with Crippen LogP contribution in [0.2, 0.25) is 5.02 Å². The van der Waals surface area contributed by atoms with Crippen LogP contribution in [0.4, 0.5) is 23.1 Å². The molecule has 3 aromatic rings. The van der Waals surface area contributed by atoms with E-state index in [1.807, 2.05) is 50.2 Å². The van der Waals surface area contributed by atoms with E-state index < -0.39 is 0 Å². The third-order valence-corrected chi connectivity index (χ3v) is 4.32. The average Bonchev–Trinajstić information content (AvgIpc) is 2.59. The lowest BCUT2D eigenvalue weighted by molar-refractivity contribution is 0.101. The molecule has 2 N–H and O–H groups in total. The molecule has 0 aliphatic heterocycles. The molecule has 0 bridgehead atoms. The highest BCUT2D eigenvalue weighted by Gasteiger charge is 2.07. The predicted molar refractivity (Wildman–Crippen MR) is 106 cm³/mol. The fourth-order valence-corrected chi connectivity index (χ4v) is 2.69. The Balaban J connectivity index is 1.87. The molecular formula is C20H19ClN4O. The van der Waals surface area contributed by atoms with E-state index in [2.05, 4.69) is 20.6 Å². The van der Waals surface area contributed by atoms with Gasteiger partial charge in [0.05, 0.1) is 0 Å². The molecule has 0 spiro atoms. The Hall–Kier alpha value is -2.92. The van der Waals surface area contributed by atoms with E-state index in [-0.39, 0.29) is 5.78 Å². The van der Waals surface area contributed by atoms with Gasteiger partial charge in [0.2, 0.25) is 5.95 Å². The largest absolute Gasteiger partial charge is 0.340 e. The smallest absolute Gasteiger partial charge is 0.229 e. The summed E-state index contributed by atoms with van der Waals surface area (Å²) in [5.41, 5.74) is 4.05. The van der Waals surface area contributed by atoms with E-state index in [1.165, 1.54) is 6.92 Å². The summed E-state index contributed by atoms with van der Waals surface area (Å²) in [5.74, 6) is 1.12. The molecule has 0 unspecified atom stereocenters. The molecule has 0 saturated heterocycles. The zero-order chi connectivity index (χ0) is 18.7. The first-order chi connectivity index (χ1) is 12.4. The van der Waals surface area contributed by atoms with Gasteiger partial charge in [-0.2, -0.15) is 4.98 Å². The second-order valence-electron chi connectivity index (χ2n) is 6.02. The summed E-state index contributed by atoms with van der Waals surface area (Å²) in [4.78, 5) is 20.5. The molecule has 0 aliphatic carbocycles. The molecule has 1 aromatic heterocycles. The fraction of sp³-hybridized carbons (Fsp3) is 0.150. The predicted octanol–water partition coefficient (Wildman–Crippen LogP) is 5.44. The van der Waals surface area contributed by atoms with Crippen LogP contribution in [-0.4, -0.2) is 15.8 Å². The number of Topliss-reactive ketones (excluding diaryl/α,β-unsaturated/α-hetero) is 1. The topological polar surface area (TPSA) is 66.9 Å². The molecule has 132 valence electrons. The Morgan fingerprint density at radius 3 is 2.54 bits per heavy atom. The lowest BCUT2D eigenvalue weighted by Crippen LogP contribution is -2.03. The Kier molecular flexibility index (Phi) is 5.19. The Morgan fingerprint density at radius 2 is 1.77 bits per heavy atom. The number of benzene rings is 2. The van der Waals surface area contributed by atoms with Crippen molar-refractivity contribution in [3.05, 3.63) is 70.4 Å². The average molecular weight is 367 g/mol. The Morgan fingerprint density at radius 1 is 1.00 bits per heavy atom. The summed E-state index contributed by atoms with van der Waals surface area (Å²) in [6, 6.07) is 14.8. The van der Waals surface area contributed by atoms with Crippen molar-refractivity contribution in [2.45, 2.75) is 20.8 Å². The highest BCUT2D eigenvalue weighted by Crippen LogP contribution is 2.26. The number of aromatic nitrogens is 2. The highest BCUT2D eigenvalue weighted by molar-refractivity contribution is 6.31. The van der Waals surface area contributed by atoms with Gasteiger partial charge >= 0.3 is 0 Å². The van der Waals surface area contributed by atoms with E-state index in [1.54, 1.807) is 12.1 Å². The molecule has 6 heteroatoms. The van der Waals surface area contributed by atoms with E-state index in [0.717, 1.165) is 22.6 Å². The Labute approximate surface area is 157 Å². The number of hydrogen-bond donors (Lipinski definition) is 2. The van der Waals surface area contributed by atoms with Crippen LogP contribution in [0.15, 0.2) is 48.5 Å². The number of halogens is 1. The standard InChI is InChI=1S/C20H19ClN4O/c1-12-10-19(24-18-9-5-8-17(21)13(18)2)25-20(22-12)23-16-7-4-6-15(11-16)14(3)26/h4-11H,1-3H3,(H2,22,23,24,25). The summed E-state index contributed by atoms with van der Waals surface area (Å²) < 4.78 is 0. The number of carbonyl (C=O) groups excluding carboxylic acids is 1. The molecule has 26 heavy (non-hydrogen) atoms. The lowest BCUT2D eigenvalue weighted by atomic mass is 10.1. The van der Waals surface area contributed by atoms with Crippen molar-refractivity contribution < 1.29 is 4.79 Å². The molecule has 0 fully saturated rings. The first kappa shape index (κ1) is 17.9. The molecule has 0 radical (unpaired) electrons. The van der Waals surface area contributed by atoms with Crippen molar-refractivity contribution in [1.82, 2.24) is 9.97 Å². The van der Waals surface area contributed by atoms with Gasteiger partial charge in [0, 0.05) is 33.7 Å². The zero-order valence-electron chi connectivity index (χ0n) is 14.8. The molecular weight excluding hydrogens is 348 g/mol. The number of aryl methyl sites for hydroxylation is 1. The second-order valence-corrected chi connectivity index (χ2v) is 6.42. The summed E-state index contributed by atoms with van der Waals surface area (Å²) >= 11 is 6.18. The van der Waals surface area contributed by atoms with Crippen molar-refractivity contribution in [3.63, 3.8) is 0 Å². The van der Waals surface area contributed by atoms with Gasteiger partial charge in [0.25, 0.3) is 0 Å². The minimum atomic E-state index is 0.0117. The van der Waals surface area contributed by atoms with Crippen molar-refractivity contribution in [2.24, 2.45) is 0 Å². The number of nitrogens with one attached hydrogen (secondary N) is 2. The molecule has 2 aromatic carbocycles. The number of anilines is 4. The van der Waals surface area contributed by atoms with Gasteiger partial charge in [-0.1, -0.05) is 29.8 Å². The molecule has 1 heterocycles. The highest BCUT2D eigenvalue weighted by atomic mass is 35.5. The molecule has 3 rings (SSSR count). The molecule has 0 atom stereocenters. The fourth-order valence-electron chi connectivity index (χ4n) is 2.51. The molecule has 5 nitrogen and oxygen atoms in total. The molecule has 0 saturated carbocycles. The summed E-state index contributed by atoms with van der Waals surface area (Å²) in [6.45, 7) is 5.39. The minimum absolute atomic E-state index is 0.0117. The SMILES string of the molecule is CC(=O)c1cccc(Nc2nc(C)cc(Nc3cccc(Cl)c3C)n2)c1. The lowest BCUT2D eigenvalue weighted by Gasteiger charge is -2.12. The monoisotopic (exact) mass is 366 g/mol. The van der Waals surface area contributed by atoms with Gasteiger partial charge in [-0.05, 0) is 50.6 Å². The zero-order valence-corrected chi connectivity index (χ0v) is 15.6. The van der Waals surface area contributed by atoms with Crippen molar-refractivity contribution in [3.8, 4) is 0 Å². The van der Waals surface area contributed by atoms with E-state index >= 15 is 0 Å². The maximum Gasteiger partial charge on any atom is 0.229 e. The van der Waals surface area contributed by atoms with Crippen LogP contribution in [0, 0.1) is 13.8 Å². The van der Waals surface area contributed by atoms with Crippen LogP contribution >= 0.6 is 11.6 Å². The third kappa shape index (κ3) is 4.18. The quantitative estimate of drug-likeness (QED) is 0.589. The van der Waals surface area contributed by atoms with Crippen LogP contribution < -0.4 is 10.6 Å². The van der Waals surface area contributed by atoms with Crippen LogP contribution in [0.5, 0.6) is 0 Å². The van der Waals surface area contributed by atoms with Gasteiger partial charge in [-0.15, -0.1) is 0 Å². The maximum absolute atomic E-state index is 11.5. The van der Waals surface area contributed by atoms with Gasteiger partial charge in [-0.25, -0.2) is 4.98 Å². The number of rotatable bonds is 5. The maximum atomic E-state index is 11.5. The van der Waals surface area contributed by atoms with Gasteiger partial charge in [0.1, 0.15) is 5.82 Å². The van der Waals surface area contributed by atoms with Gasteiger partial charge in [0.15, 0.2) is 5.78 Å². The number of hydrogen-bond acceptors (Lipinski definition) is 5. The van der Waals surface area contributed by atoms with Crippen LogP contribution in [-0.2, 0) is 0 Å². The van der Waals surface area contributed by atoms with Crippen molar-refractivity contribution >= 4 is 40.5 Å². The van der Waals surface area contributed by atoms with E-state index in [9.17, 15) is 4.79 Å². The summed E-state index contributed by atoms with van der Waals surface area (Å²) in [7, 11) is 0. The first-order valence-corrected chi connectivity index (χ1v) is 8.56. The van der Waals surface area contributed by atoms with E-state index in [4.69, 9.17) is 11.6 Å². The number of ketones is 1. The summed E-state index contributed by atoms with van der Waals surface area (Å²) in [5, 5.41) is 7.13. The molecule has 0 amide bonds. The van der Waals surface area contributed by atoms with Crippen LogP contribution in [0.1, 0.15) is 28.5 Å².